The van der Waals surface area contributed by atoms with Crippen LogP contribution in [-0.4, -0.2) is 8.75 Å². The average Bonchev–Trinajstić information content (AvgIpc) is 2.69. The lowest BCUT2D eigenvalue weighted by molar-refractivity contribution is -0.133. The molecular weight excluding hydrogens is 269 g/mol. The van der Waals surface area contributed by atoms with E-state index >= 15 is 0 Å². The van der Waals surface area contributed by atoms with Crippen LogP contribution in [0.15, 0.2) is 11.4 Å². The van der Waals surface area contributed by atoms with Gasteiger partial charge in [0, 0.05) is 5.56 Å². The molecule has 0 bridgehead atoms. The van der Waals surface area contributed by atoms with Crippen molar-refractivity contribution in [3.63, 3.8) is 0 Å². The normalized spacial score (nSPS) is 12.0. The van der Waals surface area contributed by atoms with Crippen molar-refractivity contribution in [2.45, 2.75) is 6.18 Å². The van der Waals surface area contributed by atoms with Gasteiger partial charge in [-0.05, 0) is 11.4 Å². The summed E-state index contributed by atoms with van der Waals surface area (Å²) in [6.07, 6.45) is -4.38. The second-order valence-corrected chi connectivity index (χ2v) is 4.37. The van der Waals surface area contributed by atoms with E-state index in [-0.39, 0.29) is 16.4 Å². The van der Waals surface area contributed by atoms with Crippen molar-refractivity contribution in [2.24, 2.45) is 0 Å². The van der Waals surface area contributed by atoms with Gasteiger partial charge in [-0.2, -0.15) is 21.9 Å². The number of aromatic nitrogens is 2. The highest BCUT2D eigenvalue weighted by Gasteiger charge is 2.36. The monoisotopic (exact) mass is 270 g/mol. The van der Waals surface area contributed by atoms with Gasteiger partial charge in [0.1, 0.15) is 10.6 Å². The van der Waals surface area contributed by atoms with Gasteiger partial charge in [-0.15, -0.1) is 11.3 Å². The van der Waals surface area contributed by atoms with E-state index in [2.05, 4.69) is 8.75 Å². The van der Waals surface area contributed by atoms with E-state index in [9.17, 15) is 13.2 Å². The predicted octanol–water partition coefficient (Wildman–Crippen LogP) is 3.94. The van der Waals surface area contributed by atoms with Crippen molar-refractivity contribution in [2.75, 3.05) is 0 Å². The number of halogens is 4. The summed E-state index contributed by atoms with van der Waals surface area (Å²) in [7, 11) is 0. The number of nitrogens with zero attached hydrogens (tertiary/aromatic N) is 2. The molecule has 0 aliphatic heterocycles. The van der Waals surface area contributed by atoms with Gasteiger partial charge in [-0.25, -0.2) is 0 Å². The highest BCUT2D eigenvalue weighted by Crippen LogP contribution is 2.41. The molecular formula is C7H2ClF3N2S2. The highest BCUT2D eigenvalue weighted by molar-refractivity contribution is 7.10. The summed E-state index contributed by atoms with van der Waals surface area (Å²) < 4.78 is 45.0. The zero-order chi connectivity index (χ0) is 11.1. The summed E-state index contributed by atoms with van der Waals surface area (Å²) in [5.41, 5.74) is 0.0847. The fourth-order valence-corrected chi connectivity index (χ4v) is 2.57. The molecule has 0 radical (unpaired) electrons. The van der Waals surface area contributed by atoms with Crippen molar-refractivity contribution in [1.82, 2.24) is 8.75 Å². The number of alkyl halides is 3. The lowest BCUT2D eigenvalue weighted by Crippen LogP contribution is -2.03. The van der Waals surface area contributed by atoms with Gasteiger partial charge in [0.2, 0.25) is 0 Å². The minimum absolute atomic E-state index is 0.00361. The molecule has 0 aliphatic rings. The maximum absolute atomic E-state index is 12.5. The molecule has 0 saturated carbocycles. The largest absolute Gasteiger partial charge is 0.426 e. The molecule has 0 unspecified atom stereocenters. The van der Waals surface area contributed by atoms with E-state index in [0.717, 1.165) is 11.7 Å². The first-order valence-corrected chi connectivity index (χ1v) is 5.62. The molecule has 2 nitrogen and oxygen atoms in total. The first-order chi connectivity index (χ1) is 7.00. The summed E-state index contributed by atoms with van der Waals surface area (Å²) in [6, 6.07) is 1.34. The Labute approximate surface area is 95.7 Å². The summed E-state index contributed by atoms with van der Waals surface area (Å²) in [5.74, 6) is 0. The molecule has 0 fully saturated rings. The fraction of sp³-hybridized carbons (Fsp3) is 0.143. The third-order valence-electron chi connectivity index (χ3n) is 1.63. The predicted molar refractivity (Wildman–Crippen MR) is 53.2 cm³/mol. The molecule has 0 amide bonds. The molecule has 0 aliphatic carbocycles. The Kier molecular flexibility index (Phi) is 2.70. The van der Waals surface area contributed by atoms with E-state index in [0.29, 0.717) is 11.3 Å². The zero-order valence-electron chi connectivity index (χ0n) is 6.88. The number of hydrogen-bond acceptors (Lipinski definition) is 4. The van der Waals surface area contributed by atoms with Crippen LogP contribution in [0.1, 0.15) is 4.88 Å². The minimum atomic E-state index is -4.38. The molecule has 80 valence electrons. The van der Waals surface area contributed by atoms with Crippen molar-refractivity contribution in [1.29, 1.82) is 0 Å². The molecule has 0 atom stereocenters. The van der Waals surface area contributed by atoms with E-state index < -0.39 is 11.1 Å². The van der Waals surface area contributed by atoms with Gasteiger partial charge in [-0.3, -0.25) is 0 Å². The minimum Gasteiger partial charge on any atom is -0.171 e. The second kappa shape index (κ2) is 3.73. The molecule has 8 heteroatoms. The van der Waals surface area contributed by atoms with Gasteiger partial charge in [0.05, 0.1) is 11.7 Å². The first-order valence-electron chi connectivity index (χ1n) is 3.63. The van der Waals surface area contributed by atoms with Crippen LogP contribution in [0.3, 0.4) is 0 Å². The van der Waals surface area contributed by atoms with Gasteiger partial charge >= 0.3 is 6.18 Å². The Hall–Kier alpha value is -0.660. The van der Waals surface area contributed by atoms with Gasteiger partial charge in [0.25, 0.3) is 0 Å². The summed E-state index contributed by atoms with van der Waals surface area (Å²) >= 11 is 7.03. The van der Waals surface area contributed by atoms with Crippen LogP contribution < -0.4 is 0 Å². The Bertz CT molecular complexity index is 477. The molecule has 0 spiro atoms. The third-order valence-corrected chi connectivity index (χ3v) is 3.48. The van der Waals surface area contributed by atoms with Crippen molar-refractivity contribution in [3.05, 3.63) is 21.5 Å². The molecule has 15 heavy (non-hydrogen) atoms. The molecule has 0 aromatic carbocycles. The van der Waals surface area contributed by atoms with E-state index in [1.54, 1.807) is 0 Å². The molecule has 2 aromatic rings. The van der Waals surface area contributed by atoms with Crippen LogP contribution in [0.4, 0.5) is 13.2 Å². The van der Waals surface area contributed by atoms with Crippen LogP contribution in [0.2, 0.25) is 5.15 Å². The smallest absolute Gasteiger partial charge is 0.171 e. The standard InChI is InChI=1S/C7H2ClF3N2S2/c8-6-4(12-15-13-6)3-1-2-14-5(3)7(9,10)11/h1-2H. The quantitative estimate of drug-likeness (QED) is 0.784. The molecule has 2 heterocycles. The number of thiophene rings is 1. The highest BCUT2D eigenvalue weighted by atomic mass is 35.5. The third kappa shape index (κ3) is 1.99. The number of rotatable bonds is 1. The van der Waals surface area contributed by atoms with Gasteiger partial charge < -0.3 is 0 Å². The Morgan fingerprint density at radius 2 is 2.00 bits per heavy atom. The van der Waals surface area contributed by atoms with Crippen molar-refractivity contribution >= 4 is 34.7 Å². The molecule has 0 saturated heterocycles. The SMILES string of the molecule is FC(F)(F)c1sccc1-c1nsnc1Cl. The zero-order valence-corrected chi connectivity index (χ0v) is 9.27. The van der Waals surface area contributed by atoms with Crippen molar-refractivity contribution in [3.8, 4) is 11.3 Å². The Morgan fingerprint density at radius 3 is 2.53 bits per heavy atom. The van der Waals surface area contributed by atoms with E-state index in [1.807, 2.05) is 0 Å². The molecule has 2 aromatic heterocycles. The molecule has 2 rings (SSSR count). The summed E-state index contributed by atoms with van der Waals surface area (Å²) in [5, 5.41) is 1.36. The van der Waals surface area contributed by atoms with E-state index in [4.69, 9.17) is 11.6 Å². The Balaban J connectivity index is 2.56. The lowest BCUT2D eigenvalue weighted by atomic mass is 10.2. The number of hydrogen-bond donors (Lipinski definition) is 0. The maximum atomic E-state index is 12.5. The average molecular weight is 271 g/mol. The van der Waals surface area contributed by atoms with Crippen LogP contribution in [0.5, 0.6) is 0 Å². The second-order valence-electron chi connectivity index (χ2n) is 2.56. The topological polar surface area (TPSA) is 25.8 Å². The fourth-order valence-electron chi connectivity index (χ4n) is 1.05. The van der Waals surface area contributed by atoms with Crippen LogP contribution >= 0.6 is 34.7 Å². The van der Waals surface area contributed by atoms with Crippen molar-refractivity contribution < 1.29 is 13.2 Å². The van der Waals surface area contributed by atoms with Crippen LogP contribution in [0.25, 0.3) is 11.3 Å². The summed E-state index contributed by atoms with van der Waals surface area (Å²) in [4.78, 5) is -0.697. The lowest BCUT2D eigenvalue weighted by Gasteiger charge is -2.05. The van der Waals surface area contributed by atoms with Gasteiger partial charge in [0.15, 0.2) is 5.15 Å². The van der Waals surface area contributed by atoms with Crippen LogP contribution in [0, 0.1) is 0 Å². The van der Waals surface area contributed by atoms with Gasteiger partial charge in [-0.1, -0.05) is 11.6 Å². The maximum Gasteiger partial charge on any atom is 0.426 e. The summed E-state index contributed by atoms with van der Waals surface area (Å²) in [6.45, 7) is 0. The first kappa shape index (κ1) is 10.8. The van der Waals surface area contributed by atoms with Crippen LogP contribution in [-0.2, 0) is 6.18 Å². The Morgan fingerprint density at radius 1 is 1.27 bits per heavy atom. The molecule has 0 N–H and O–H groups in total. The van der Waals surface area contributed by atoms with E-state index in [1.165, 1.54) is 11.4 Å².